The van der Waals surface area contributed by atoms with Gasteiger partial charge in [0.25, 0.3) is 0 Å². The van der Waals surface area contributed by atoms with Gasteiger partial charge in [0, 0.05) is 29.2 Å². The van der Waals surface area contributed by atoms with E-state index in [2.05, 4.69) is 15.3 Å². The van der Waals surface area contributed by atoms with Gasteiger partial charge in [0.1, 0.15) is 18.2 Å². The van der Waals surface area contributed by atoms with Crippen LogP contribution >= 0.6 is 0 Å². The first-order valence-corrected chi connectivity index (χ1v) is 10.2. The van der Waals surface area contributed by atoms with Crippen molar-refractivity contribution in [2.45, 2.75) is 12.5 Å². The largest absolute Gasteiger partial charge is 0.480 e. The van der Waals surface area contributed by atoms with Gasteiger partial charge in [0.2, 0.25) is 0 Å². The van der Waals surface area contributed by atoms with E-state index in [9.17, 15) is 14.7 Å². The maximum atomic E-state index is 12.6. The standard InChI is InChI=1S/C26H21N3O3/c30-25(20-9-5-2-6-10-20)21-13-11-19(12-14-21)22-16-24(28-17-27-22)29-23(26(31)32)15-18-7-3-1-4-8-18/h1-14,16-17,23H,15H2,(H,31,32)(H,27,28,29)/t23-/m0/s1. The third kappa shape index (κ3) is 5.05. The summed E-state index contributed by atoms with van der Waals surface area (Å²) in [5.74, 6) is -0.590. The molecule has 0 fully saturated rings. The average molecular weight is 423 g/mol. The SMILES string of the molecule is O=C(c1ccccc1)c1ccc(-c2cc(N[C@@H](Cc3ccccc3)C(=O)O)ncn2)cc1. The number of nitrogens with zero attached hydrogens (tertiary/aromatic N) is 2. The number of anilines is 1. The number of aliphatic carboxylic acids is 1. The van der Waals surface area contributed by atoms with E-state index >= 15 is 0 Å². The van der Waals surface area contributed by atoms with E-state index in [4.69, 9.17) is 0 Å². The van der Waals surface area contributed by atoms with Crippen molar-refractivity contribution >= 4 is 17.6 Å². The molecule has 2 N–H and O–H groups in total. The molecular weight excluding hydrogens is 402 g/mol. The maximum absolute atomic E-state index is 12.6. The van der Waals surface area contributed by atoms with E-state index in [0.717, 1.165) is 11.1 Å². The summed E-state index contributed by atoms with van der Waals surface area (Å²) in [6, 6.07) is 26.6. The monoisotopic (exact) mass is 423 g/mol. The zero-order chi connectivity index (χ0) is 22.3. The van der Waals surface area contributed by atoms with Gasteiger partial charge in [0.05, 0.1) is 5.69 Å². The molecule has 6 nitrogen and oxygen atoms in total. The molecule has 4 rings (SSSR count). The van der Waals surface area contributed by atoms with E-state index < -0.39 is 12.0 Å². The number of ketones is 1. The number of rotatable bonds is 8. The number of benzene rings is 3. The predicted molar refractivity (Wildman–Crippen MR) is 123 cm³/mol. The summed E-state index contributed by atoms with van der Waals surface area (Å²) in [5.41, 5.74) is 3.56. The zero-order valence-electron chi connectivity index (χ0n) is 17.2. The fraction of sp³-hybridized carbons (Fsp3) is 0.0769. The Labute approximate surface area is 185 Å². The first kappa shape index (κ1) is 20.9. The van der Waals surface area contributed by atoms with E-state index in [1.165, 1.54) is 6.33 Å². The molecule has 0 saturated carbocycles. The third-order valence-corrected chi connectivity index (χ3v) is 5.05. The second-order valence-electron chi connectivity index (χ2n) is 7.29. The molecule has 0 aliphatic carbocycles. The molecule has 158 valence electrons. The normalized spacial score (nSPS) is 11.5. The van der Waals surface area contributed by atoms with Crippen molar-refractivity contribution < 1.29 is 14.7 Å². The van der Waals surface area contributed by atoms with Gasteiger partial charge in [-0.3, -0.25) is 4.79 Å². The van der Waals surface area contributed by atoms with Crippen LogP contribution in [0.4, 0.5) is 5.82 Å². The summed E-state index contributed by atoms with van der Waals surface area (Å²) in [6.07, 6.45) is 1.72. The Kier molecular flexibility index (Phi) is 6.32. The lowest BCUT2D eigenvalue weighted by molar-refractivity contribution is -0.137. The number of aromatic nitrogens is 2. The van der Waals surface area contributed by atoms with Gasteiger partial charge in [-0.2, -0.15) is 0 Å². The fourth-order valence-corrected chi connectivity index (χ4v) is 3.37. The molecule has 0 aliphatic rings. The molecular formula is C26H21N3O3. The first-order valence-electron chi connectivity index (χ1n) is 10.2. The second-order valence-corrected chi connectivity index (χ2v) is 7.29. The van der Waals surface area contributed by atoms with E-state index in [0.29, 0.717) is 29.1 Å². The lowest BCUT2D eigenvalue weighted by Gasteiger charge is -2.15. The van der Waals surface area contributed by atoms with Crippen molar-refractivity contribution in [2.75, 3.05) is 5.32 Å². The van der Waals surface area contributed by atoms with Gasteiger partial charge >= 0.3 is 5.97 Å². The zero-order valence-corrected chi connectivity index (χ0v) is 17.2. The summed E-state index contributed by atoms with van der Waals surface area (Å²) in [4.78, 5) is 32.8. The highest BCUT2D eigenvalue weighted by atomic mass is 16.4. The van der Waals surface area contributed by atoms with Gasteiger partial charge in [0.15, 0.2) is 5.78 Å². The van der Waals surface area contributed by atoms with Gasteiger partial charge in [-0.15, -0.1) is 0 Å². The number of carbonyl (C=O) groups is 2. The Morgan fingerprint density at radius 2 is 1.44 bits per heavy atom. The topological polar surface area (TPSA) is 92.2 Å². The van der Waals surface area contributed by atoms with E-state index in [1.54, 1.807) is 30.3 Å². The van der Waals surface area contributed by atoms with Crippen LogP contribution in [0.1, 0.15) is 21.5 Å². The Morgan fingerprint density at radius 3 is 2.09 bits per heavy atom. The molecule has 4 aromatic rings. The van der Waals surface area contributed by atoms with Crippen molar-refractivity contribution in [3.05, 3.63) is 114 Å². The molecule has 1 atom stereocenters. The first-order chi connectivity index (χ1) is 15.6. The Balaban J connectivity index is 1.51. The lowest BCUT2D eigenvalue weighted by Crippen LogP contribution is -2.31. The second kappa shape index (κ2) is 9.66. The molecule has 0 spiro atoms. The van der Waals surface area contributed by atoms with Crippen molar-refractivity contribution in [3.8, 4) is 11.3 Å². The number of hydrogen-bond acceptors (Lipinski definition) is 5. The summed E-state index contributed by atoms with van der Waals surface area (Å²) in [5, 5.41) is 12.6. The molecule has 1 aromatic heterocycles. The van der Waals surface area contributed by atoms with Crippen molar-refractivity contribution in [2.24, 2.45) is 0 Å². The molecule has 0 saturated heterocycles. The number of hydrogen-bond donors (Lipinski definition) is 2. The van der Waals surface area contributed by atoms with Gasteiger partial charge < -0.3 is 10.4 Å². The highest BCUT2D eigenvalue weighted by Gasteiger charge is 2.19. The van der Waals surface area contributed by atoms with E-state index in [1.807, 2.05) is 60.7 Å². The Hall–Kier alpha value is -4.32. The molecule has 0 unspecified atom stereocenters. The van der Waals surface area contributed by atoms with Gasteiger partial charge in [-0.25, -0.2) is 14.8 Å². The van der Waals surface area contributed by atoms with Crippen molar-refractivity contribution in [1.29, 1.82) is 0 Å². The molecule has 3 aromatic carbocycles. The predicted octanol–water partition coefficient (Wildman–Crippen LogP) is 4.48. The molecule has 6 heteroatoms. The van der Waals surface area contributed by atoms with Crippen LogP contribution < -0.4 is 5.32 Å². The van der Waals surface area contributed by atoms with Crippen LogP contribution in [-0.2, 0) is 11.2 Å². The minimum atomic E-state index is -0.960. The van der Waals surface area contributed by atoms with Crippen molar-refractivity contribution in [3.63, 3.8) is 0 Å². The highest BCUT2D eigenvalue weighted by Crippen LogP contribution is 2.21. The number of carbonyl (C=O) groups excluding carboxylic acids is 1. The molecule has 0 bridgehead atoms. The summed E-state index contributed by atoms with van der Waals surface area (Å²) in [7, 11) is 0. The van der Waals surface area contributed by atoms with Crippen LogP contribution in [0.15, 0.2) is 97.3 Å². The molecule has 0 radical (unpaired) electrons. The average Bonchev–Trinajstić information content (AvgIpc) is 2.84. The quantitative estimate of drug-likeness (QED) is 0.406. The van der Waals surface area contributed by atoms with Crippen LogP contribution in [0.3, 0.4) is 0 Å². The van der Waals surface area contributed by atoms with Crippen LogP contribution in [-0.4, -0.2) is 32.9 Å². The third-order valence-electron chi connectivity index (χ3n) is 5.05. The van der Waals surface area contributed by atoms with Crippen molar-refractivity contribution in [1.82, 2.24) is 9.97 Å². The smallest absolute Gasteiger partial charge is 0.326 e. The Bertz CT molecular complexity index is 1210. The Morgan fingerprint density at radius 1 is 0.812 bits per heavy atom. The minimum Gasteiger partial charge on any atom is -0.480 e. The lowest BCUT2D eigenvalue weighted by atomic mass is 10.0. The van der Waals surface area contributed by atoms with Crippen LogP contribution in [0, 0.1) is 0 Å². The van der Waals surface area contributed by atoms with E-state index in [-0.39, 0.29) is 5.78 Å². The highest BCUT2D eigenvalue weighted by molar-refractivity contribution is 6.09. The summed E-state index contributed by atoms with van der Waals surface area (Å²) in [6.45, 7) is 0. The van der Waals surface area contributed by atoms with Crippen LogP contribution in [0.25, 0.3) is 11.3 Å². The summed E-state index contributed by atoms with van der Waals surface area (Å²) < 4.78 is 0. The fourth-order valence-electron chi connectivity index (χ4n) is 3.37. The molecule has 32 heavy (non-hydrogen) atoms. The maximum Gasteiger partial charge on any atom is 0.326 e. The van der Waals surface area contributed by atoms with Gasteiger partial charge in [-0.05, 0) is 5.56 Å². The number of nitrogens with one attached hydrogen (secondary N) is 1. The van der Waals surface area contributed by atoms with Crippen LogP contribution in [0.5, 0.6) is 0 Å². The number of carboxylic acid groups (broad SMARTS) is 1. The molecule has 0 aliphatic heterocycles. The number of carboxylic acids is 1. The minimum absolute atomic E-state index is 0.0487. The molecule has 0 amide bonds. The summed E-state index contributed by atoms with van der Waals surface area (Å²) >= 11 is 0. The van der Waals surface area contributed by atoms with Crippen LogP contribution in [0.2, 0.25) is 0 Å². The van der Waals surface area contributed by atoms with Gasteiger partial charge in [-0.1, -0.05) is 84.9 Å². The molecule has 1 heterocycles.